The molecule has 0 aromatic rings. The van der Waals surface area contributed by atoms with E-state index >= 15 is 0 Å². The Bertz CT molecular complexity index is 394. The van der Waals surface area contributed by atoms with Crippen molar-refractivity contribution < 1.29 is 79.9 Å². The molecule has 2 aliphatic heterocycles. The van der Waals surface area contributed by atoms with Gasteiger partial charge in [0.1, 0.15) is 48.8 Å². The van der Waals surface area contributed by atoms with Crippen LogP contribution in [0.15, 0.2) is 0 Å². The third-order valence-electron chi connectivity index (χ3n) is 3.98. The van der Waals surface area contributed by atoms with Crippen LogP contribution in [0.5, 0.6) is 0 Å². The second-order valence-corrected chi connectivity index (χ2v) is 5.53. The van der Waals surface area contributed by atoms with Gasteiger partial charge in [0.2, 0.25) is 0 Å². The third kappa shape index (κ3) is 6.20. The van der Waals surface area contributed by atoms with E-state index in [-0.39, 0.29) is 62.6 Å². The van der Waals surface area contributed by atoms with Gasteiger partial charge in [-0.15, -0.1) is 0 Å². The summed E-state index contributed by atoms with van der Waals surface area (Å²) < 4.78 is 15.3. The zero-order valence-electron chi connectivity index (χ0n) is 13.5. The normalized spacial score (nSPS) is 45.7. The molecule has 2 heterocycles. The molecule has 11 nitrogen and oxygen atoms in total. The van der Waals surface area contributed by atoms with Crippen molar-refractivity contribution in [2.45, 2.75) is 61.4 Å². The number of aliphatic hydroxyl groups is 8. The summed E-state index contributed by atoms with van der Waals surface area (Å²) in [5.41, 5.74) is 0. The number of rotatable bonds is 4. The van der Waals surface area contributed by atoms with E-state index in [0.29, 0.717) is 0 Å². The molecule has 0 radical (unpaired) electrons. The van der Waals surface area contributed by atoms with E-state index in [1.165, 1.54) is 0 Å². The maximum Gasteiger partial charge on any atom is 2.00 e. The molecule has 0 aromatic carbocycles. The molecule has 0 saturated carbocycles. The minimum atomic E-state index is -1.74. The van der Waals surface area contributed by atoms with Crippen LogP contribution in [0.2, 0.25) is 0 Å². The minimum absolute atomic E-state index is 0. The van der Waals surface area contributed by atoms with Crippen molar-refractivity contribution in [1.29, 1.82) is 0 Å². The molecule has 0 aliphatic carbocycles. The summed E-state index contributed by atoms with van der Waals surface area (Å²) in [5.74, 6) is 0. The molecule has 0 amide bonds. The molecule has 2 fully saturated rings. The molecule has 26 heavy (non-hydrogen) atoms. The van der Waals surface area contributed by atoms with Crippen LogP contribution >= 0.6 is 0 Å². The average molecular weight is 453 g/mol. The number of aliphatic hydroxyl groups excluding tert-OH is 8. The Hall–Kier alpha value is 1.40. The van der Waals surface area contributed by atoms with Gasteiger partial charge in [0, 0.05) is 0 Å². The second-order valence-electron chi connectivity index (χ2n) is 5.53. The van der Waals surface area contributed by atoms with Crippen molar-refractivity contribution in [3.63, 3.8) is 0 Å². The fourth-order valence-electron chi connectivity index (χ4n) is 2.57. The minimum Gasteiger partial charge on any atom is -1.00 e. The van der Waals surface area contributed by atoms with Crippen LogP contribution in [0.3, 0.4) is 0 Å². The van der Waals surface area contributed by atoms with Gasteiger partial charge in [-0.05, 0) is 0 Å². The second kappa shape index (κ2) is 12.9. The zero-order chi connectivity index (χ0) is 17.3. The number of hydrogen-bond donors (Lipinski definition) is 8. The third-order valence-corrected chi connectivity index (χ3v) is 3.98. The summed E-state index contributed by atoms with van der Waals surface area (Å²) in [5, 5.41) is 76.5. The van der Waals surface area contributed by atoms with Crippen molar-refractivity contribution in [3.8, 4) is 0 Å². The summed E-state index contributed by atoms with van der Waals surface area (Å²) >= 11 is 0. The van der Waals surface area contributed by atoms with Crippen LogP contribution in [-0.4, -0.2) is 153 Å². The molecule has 2 aliphatic rings. The van der Waals surface area contributed by atoms with Crippen LogP contribution < -0.4 is 24.8 Å². The van der Waals surface area contributed by atoms with Crippen molar-refractivity contribution in [2.75, 3.05) is 13.2 Å². The molecule has 8 N–H and O–H groups in total. The molecule has 10 atom stereocenters. The van der Waals surface area contributed by atoms with E-state index in [1.807, 2.05) is 0 Å². The topological polar surface area (TPSA) is 190 Å². The van der Waals surface area contributed by atoms with E-state index in [2.05, 4.69) is 0 Å². The molecular weight excluding hydrogens is 431 g/mol. The molecule has 14 heteroatoms. The molecule has 0 bridgehead atoms. The van der Waals surface area contributed by atoms with Crippen LogP contribution in [-0.2, 0) is 14.2 Å². The van der Waals surface area contributed by atoms with Crippen LogP contribution in [0.1, 0.15) is 0 Å². The van der Waals surface area contributed by atoms with Gasteiger partial charge in [-0.2, -0.15) is 0 Å². The first kappa shape index (κ1) is 29.6. The van der Waals surface area contributed by atoms with Gasteiger partial charge >= 0.3 is 37.7 Å². The van der Waals surface area contributed by atoms with Crippen molar-refractivity contribution in [1.82, 2.24) is 0 Å². The van der Waals surface area contributed by atoms with Crippen molar-refractivity contribution >= 4 is 37.7 Å². The maximum absolute atomic E-state index is 9.94. The molecule has 2 rings (SSSR count). The Morgan fingerprint density at radius 3 is 1.69 bits per heavy atom. The monoisotopic (exact) mass is 452 g/mol. The van der Waals surface area contributed by atoms with Gasteiger partial charge in [0.25, 0.3) is 0 Å². The van der Waals surface area contributed by atoms with Crippen LogP contribution in [0, 0.1) is 0 Å². The smallest absolute Gasteiger partial charge is 1.00 e. The average Bonchev–Trinajstić information content (AvgIpc) is 2.55. The maximum atomic E-state index is 9.94. The molecule has 152 valence electrons. The molecule has 2 saturated heterocycles. The van der Waals surface area contributed by atoms with Gasteiger partial charge in [-0.3, -0.25) is 0 Å². The van der Waals surface area contributed by atoms with E-state index < -0.39 is 74.6 Å². The molecule has 0 unspecified atom stereocenters. The molecular formula is C12H22CaCl2O11. The van der Waals surface area contributed by atoms with Gasteiger partial charge in [0.15, 0.2) is 12.6 Å². The van der Waals surface area contributed by atoms with Gasteiger partial charge in [0.05, 0.1) is 13.2 Å². The fourth-order valence-corrected chi connectivity index (χ4v) is 2.57. The van der Waals surface area contributed by atoms with Gasteiger partial charge in [-0.25, -0.2) is 0 Å². The van der Waals surface area contributed by atoms with Crippen LogP contribution in [0.25, 0.3) is 0 Å². The SMILES string of the molecule is OC[C@H]1O[C@@H](O[C@H]2[C@H](O)[C@@H](O)[C@@H](O)O[C@@H]2CO)[C@H](O)[C@@H](O)[C@H]1O.[Ca+2].[Cl-].[Cl-]. The summed E-state index contributed by atoms with van der Waals surface area (Å²) in [7, 11) is 0. The summed E-state index contributed by atoms with van der Waals surface area (Å²) in [6, 6.07) is 0. The number of hydrogen-bond acceptors (Lipinski definition) is 11. The number of ether oxygens (including phenoxy) is 3. The first-order chi connectivity index (χ1) is 10.8. The summed E-state index contributed by atoms with van der Waals surface area (Å²) in [6.45, 7) is -1.35. The Balaban J connectivity index is 0. The van der Waals surface area contributed by atoms with Gasteiger partial charge in [-0.1, -0.05) is 0 Å². The first-order valence-electron chi connectivity index (χ1n) is 7.08. The zero-order valence-corrected chi connectivity index (χ0v) is 17.2. The Morgan fingerprint density at radius 2 is 1.19 bits per heavy atom. The van der Waals surface area contributed by atoms with Crippen LogP contribution in [0.4, 0.5) is 0 Å². The van der Waals surface area contributed by atoms with E-state index in [1.54, 1.807) is 0 Å². The largest absolute Gasteiger partial charge is 2.00 e. The van der Waals surface area contributed by atoms with Crippen molar-refractivity contribution in [2.24, 2.45) is 0 Å². The quantitative estimate of drug-likeness (QED) is 0.189. The Labute approximate surface area is 191 Å². The van der Waals surface area contributed by atoms with E-state index in [0.717, 1.165) is 0 Å². The first-order valence-corrected chi connectivity index (χ1v) is 7.08. The Kier molecular flexibility index (Phi) is 14.6. The molecule has 0 spiro atoms. The van der Waals surface area contributed by atoms with E-state index in [9.17, 15) is 35.7 Å². The number of halogens is 2. The predicted molar refractivity (Wildman–Crippen MR) is 74.4 cm³/mol. The van der Waals surface area contributed by atoms with Gasteiger partial charge < -0.3 is 79.9 Å². The van der Waals surface area contributed by atoms with E-state index in [4.69, 9.17) is 19.3 Å². The summed E-state index contributed by atoms with van der Waals surface area (Å²) in [4.78, 5) is 0. The Morgan fingerprint density at radius 1 is 0.654 bits per heavy atom. The van der Waals surface area contributed by atoms with Crippen molar-refractivity contribution in [3.05, 3.63) is 0 Å². The predicted octanol–water partition coefficient (Wildman–Crippen LogP) is -11.8. The molecule has 0 aromatic heterocycles. The summed E-state index contributed by atoms with van der Waals surface area (Å²) in [6.07, 6.45) is -15.6. The standard InChI is InChI=1S/C12H22O11.Ca.2ClH/c13-1-3-5(15)6(16)9(19)12(22-3)23-10-4(2-14)21-11(20)8(18)7(10)17;;;/h3-20H,1-2H2;;2*1H/q;+2;;/p-2/t3-,4-,5+,6+,7-,8-,9-,10-,11+,12+;;;/m1.../s1. The fraction of sp³-hybridized carbons (Fsp3) is 1.00.